The molecule has 0 fully saturated rings. The molecule has 7 heteroatoms. The summed E-state index contributed by atoms with van der Waals surface area (Å²) in [5.74, 6) is 0.179. The molecule has 156 valence electrons. The molecule has 0 aliphatic heterocycles. The maximum atomic E-state index is 12.1. The Hall–Kier alpha value is -3.09. The van der Waals surface area contributed by atoms with E-state index in [9.17, 15) is 4.79 Å². The molecule has 0 atom stereocenters. The van der Waals surface area contributed by atoms with Crippen LogP contribution in [0.15, 0.2) is 88.6 Å². The first-order valence-electron chi connectivity index (χ1n) is 9.62. The number of nitrogens with one attached hydrogen (secondary N) is 1. The number of carbonyl (C=O) groups excluding carboxylic acids is 1. The topological polar surface area (TPSA) is 55.6 Å². The van der Waals surface area contributed by atoms with E-state index in [-0.39, 0.29) is 12.5 Å². The Bertz CT molecular complexity index is 1240. The smallest absolute Gasteiger partial charge is 0.277 e. The van der Waals surface area contributed by atoms with Crippen LogP contribution in [-0.4, -0.2) is 23.3 Å². The normalized spacial score (nSPS) is 11.2. The molecule has 1 amide bonds. The Morgan fingerprint density at radius 1 is 1.10 bits per heavy atom. The lowest BCUT2D eigenvalue weighted by atomic mass is 10.2. The minimum Gasteiger partial charge on any atom is -0.483 e. The van der Waals surface area contributed by atoms with E-state index in [1.54, 1.807) is 24.4 Å². The van der Waals surface area contributed by atoms with Gasteiger partial charge in [0.2, 0.25) is 0 Å². The van der Waals surface area contributed by atoms with Gasteiger partial charge in [0.15, 0.2) is 6.61 Å². The first-order chi connectivity index (χ1) is 15.1. The molecule has 31 heavy (non-hydrogen) atoms. The number of carbonyl (C=O) groups is 1. The SMILES string of the molecule is O=C(COc1ccc(Cl)cc1Br)N/N=C\c1cn(Cc2ccccc2)c2ccccc12. The van der Waals surface area contributed by atoms with Gasteiger partial charge in [0.25, 0.3) is 5.91 Å². The molecule has 0 radical (unpaired) electrons. The van der Waals surface area contributed by atoms with Crippen LogP contribution in [0.1, 0.15) is 11.1 Å². The molecule has 1 heterocycles. The summed E-state index contributed by atoms with van der Waals surface area (Å²) in [6, 6.07) is 23.5. The molecule has 4 rings (SSSR count). The van der Waals surface area contributed by atoms with Gasteiger partial charge in [-0.05, 0) is 45.8 Å². The van der Waals surface area contributed by atoms with Crippen LogP contribution in [0.4, 0.5) is 0 Å². The highest BCUT2D eigenvalue weighted by atomic mass is 79.9. The summed E-state index contributed by atoms with van der Waals surface area (Å²) < 4.78 is 8.36. The number of fused-ring (bicyclic) bond motifs is 1. The molecular formula is C24H19BrClN3O2. The second-order valence-electron chi connectivity index (χ2n) is 6.87. The Kier molecular flexibility index (Phi) is 6.70. The third-order valence-corrected chi connectivity index (χ3v) is 5.52. The molecule has 5 nitrogen and oxygen atoms in total. The van der Waals surface area contributed by atoms with E-state index in [1.807, 2.05) is 42.6 Å². The van der Waals surface area contributed by atoms with Crippen molar-refractivity contribution in [2.45, 2.75) is 6.54 Å². The van der Waals surface area contributed by atoms with Crippen LogP contribution in [-0.2, 0) is 11.3 Å². The molecule has 0 saturated carbocycles. The van der Waals surface area contributed by atoms with Crippen LogP contribution in [0, 0.1) is 0 Å². The Morgan fingerprint density at radius 3 is 2.68 bits per heavy atom. The second-order valence-corrected chi connectivity index (χ2v) is 8.16. The molecule has 0 aliphatic rings. The number of amides is 1. The van der Waals surface area contributed by atoms with Gasteiger partial charge in [-0.1, -0.05) is 60.1 Å². The van der Waals surface area contributed by atoms with Gasteiger partial charge >= 0.3 is 0 Å². The van der Waals surface area contributed by atoms with Gasteiger partial charge in [-0.2, -0.15) is 5.10 Å². The monoisotopic (exact) mass is 495 g/mol. The quantitative estimate of drug-likeness (QED) is 0.266. The fourth-order valence-electron chi connectivity index (χ4n) is 3.23. The highest BCUT2D eigenvalue weighted by Gasteiger charge is 2.08. The summed E-state index contributed by atoms with van der Waals surface area (Å²) in [7, 11) is 0. The number of halogens is 2. The predicted octanol–water partition coefficient (Wildman–Crippen LogP) is 5.63. The van der Waals surface area contributed by atoms with Gasteiger partial charge in [0.05, 0.1) is 10.7 Å². The minimum absolute atomic E-state index is 0.159. The molecule has 0 saturated heterocycles. The van der Waals surface area contributed by atoms with E-state index in [4.69, 9.17) is 16.3 Å². The van der Waals surface area contributed by atoms with Gasteiger partial charge in [-0.3, -0.25) is 4.79 Å². The van der Waals surface area contributed by atoms with Crippen molar-refractivity contribution in [1.29, 1.82) is 0 Å². The maximum absolute atomic E-state index is 12.1. The van der Waals surface area contributed by atoms with Crippen molar-refractivity contribution < 1.29 is 9.53 Å². The van der Waals surface area contributed by atoms with Crippen molar-refractivity contribution in [2.75, 3.05) is 6.61 Å². The standard InChI is InChI=1S/C24H19BrClN3O2/c25-21-12-19(26)10-11-23(21)31-16-24(30)28-27-13-18-15-29(14-17-6-2-1-3-7-17)22-9-5-4-8-20(18)22/h1-13,15H,14,16H2,(H,28,30)/b27-13-. The van der Waals surface area contributed by atoms with E-state index in [0.29, 0.717) is 15.2 Å². The molecule has 0 bridgehead atoms. The van der Waals surface area contributed by atoms with Crippen molar-refractivity contribution in [3.05, 3.63) is 99.6 Å². The van der Waals surface area contributed by atoms with Crippen molar-refractivity contribution in [1.82, 2.24) is 9.99 Å². The molecule has 4 aromatic rings. The molecular weight excluding hydrogens is 478 g/mol. The summed E-state index contributed by atoms with van der Waals surface area (Å²) in [5, 5.41) is 5.76. The zero-order valence-corrected chi connectivity index (χ0v) is 18.8. The molecule has 3 aromatic carbocycles. The van der Waals surface area contributed by atoms with Gasteiger partial charge in [-0.15, -0.1) is 0 Å². The predicted molar refractivity (Wildman–Crippen MR) is 128 cm³/mol. The number of benzene rings is 3. The number of ether oxygens (including phenoxy) is 1. The Labute approximate surface area is 193 Å². The fraction of sp³-hybridized carbons (Fsp3) is 0.0833. The summed E-state index contributed by atoms with van der Waals surface area (Å²) in [4.78, 5) is 12.1. The largest absolute Gasteiger partial charge is 0.483 e. The van der Waals surface area contributed by atoms with Gasteiger partial charge < -0.3 is 9.30 Å². The molecule has 0 unspecified atom stereocenters. The number of hydrogen-bond acceptors (Lipinski definition) is 3. The lowest BCUT2D eigenvalue weighted by Gasteiger charge is -2.07. The zero-order chi connectivity index (χ0) is 21.6. The Balaban J connectivity index is 1.42. The minimum atomic E-state index is -0.355. The first kappa shape index (κ1) is 21.2. The van der Waals surface area contributed by atoms with E-state index in [0.717, 1.165) is 23.0 Å². The van der Waals surface area contributed by atoms with Crippen LogP contribution in [0.3, 0.4) is 0 Å². The van der Waals surface area contributed by atoms with Gasteiger partial charge in [0.1, 0.15) is 5.75 Å². The number of nitrogens with zero attached hydrogens (tertiary/aromatic N) is 2. The maximum Gasteiger partial charge on any atom is 0.277 e. The van der Waals surface area contributed by atoms with Gasteiger partial charge in [-0.25, -0.2) is 5.43 Å². The Morgan fingerprint density at radius 2 is 1.87 bits per heavy atom. The van der Waals surface area contributed by atoms with Crippen LogP contribution < -0.4 is 10.2 Å². The number of hydrazone groups is 1. The summed E-state index contributed by atoms with van der Waals surface area (Å²) in [5.41, 5.74) is 5.76. The van der Waals surface area contributed by atoms with Crippen LogP contribution in [0.25, 0.3) is 10.9 Å². The number of aromatic nitrogens is 1. The van der Waals surface area contributed by atoms with Crippen molar-refractivity contribution in [3.63, 3.8) is 0 Å². The number of hydrogen-bond donors (Lipinski definition) is 1. The molecule has 0 aliphatic carbocycles. The first-order valence-corrected chi connectivity index (χ1v) is 10.8. The third kappa shape index (κ3) is 5.34. The lowest BCUT2D eigenvalue weighted by molar-refractivity contribution is -0.123. The van der Waals surface area contributed by atoms with Crippen LogP contribution in [0.2, 0.25) is 5.02 Å². The molecule has 0 spiro atoms. The van der Waals surface area contributed by atoms with Crippen LogP contribution in [0.5, 0.6) is 5.75 Å². The highest BCUT2D eigenvalue weighted by Crippen LogP contribution is 2.27. The summed E-state index contributed by atoms with van der Waals surface area (Å²) in [6.45, 7) is 0.596. The van der Waals surface area contributed by atoms with E-state index in [2.05, 4.69) is 49.2 Å². The molecule has 1 N–H and O–H groups in total. The van der Waals surface area contributed by atoms with E-state index in [1.165, 1.54) is 5.56 Å². The van der Waals surface area contributed by atoms with Gasteiger partial charge in [0, 0.05) is 34.2 Å². The summed E-state index contributed by atoms with van der Waals surface area (Å²) >= 11 is 9.27. The average molecular weight is 497 g/mol. The van der Waals surface area contributed by atoms with Crippen molar-refractivity contribution in [2.24, 2.45) is 5.10 Å². The number of rotatable bonds is 7. The lowest BCUT2D eigenvalue weighted by Crippen LogP contribution is -2.24. The fourth-order valence-corrected chi connectivity index (χ4v) is 4.03. The zero-order valence-electron chi connectivity index (χ0n) is 16.5. The summed E-state index contributed by atoms with van der Waals surface area (Å²) in [6.07, 6.45) is 3.69. The highest BCUT2D eigenvalue weighted by molar-refractivity contribution is 9.10. The molecule has 1 aromatic heterocycles. The number of para-hydroxylation sites is 1. The second kappa shape index (κ2) is 9.81. The third-order valence-electron chi connectivity index (χ3n) is 4.66. The van der Waals surface area contributed by atoms with Crippen molar-refractivity contribution in [3.8, 4) is 5.75 Å². The average Bonchev–Trinajstić information content (AvgIpc) is 3.11. The van der Waals surface area contributed by atoms with Crippen LogP contribution >= 0.6 is 27.5 Å². The van der Waals surface area contributed by atoms with E-state index >= 15 is 0 Å². The van der Waals surface area contributed by atoms with E-state index < -0.39 is 0 Å². The van der Waals surface area contributed by atoms with Crippen molar-refractivity contribution >= 4 is 50.6 Å².